The molecule has 6 nitrogen and oxygen atoms in total. The van der Waals surface area contributed by atoms with Gasteiger partial charge < -0.3 is 14.2 Å². The average molecular weight is 377 g/mol. The molecule has 0 aromatic heterocycles. The Morgan fingerprint density at radius 1 is 1.26 bits per heavy atom. The summed E-state index contributed by atoms with van der Waals surface area (Å²) in [5.41, 5.74) is -0.972. The van der Waals surface area contributed by atoms with Gasteiger partial charge in [-0.3, -0.25) is 4.90 Å². The third-order valence-electron chi connectivity index (χ3n) is 4.38. The lowest BCUT2D eigenvalue weighted by Gasteiger charge is -2.37. The van der Waals surface area contributed by atoms with E-state index in [0.29, 0.717) is 18.6 Å². The van der Waals surface area contributed by atoms with Crippen LogP contribution in [-0.2, 0) is 14.2 Å². The average Bonchev–Trinajstić information content (AvgIpc) is 2.89. The van der Waals surface area contributed by atoms with E-state index in [-0.39, 0.29) is 0 Å². The fourth-order valence-corrected chi connectivity index (χ4v) is 3.17. The molecule has 1 aromatic rings. The molecule has 1 saturated heterocycles. The first-order valence-corrected chi connectivity index (χ1v) is 9.47. The van der Waals surface area contributed by atoms with Gasteiger partial charge in [0.1, 0.15) is 17.4 Å². The molecule has 6 heteroatoms. The van der Waals surface area contributed by atoms with E-state index >= 15 is 0 Å². The molecule has 150 valence electrons. The van der Waals surface area contributed by atoms with Gasteiger partial charge in [-0.15, -0.1) is 0 Å². The number of esters is 1. The molecular weight excluding hydrogens is 346 g/mol. The van der Waals surface area contributed by atoms with Gasteiger partial charge in [-0.1, -0.05) is 31.5 Å². The number of carbonyl (C=O) groups excluding carboxylic acids is 2. The maximum Gasteiger partial charge on any atom is 0.413 e. The molecular formula is C21H31NO5. The minimum atomic E-state index is -0.835. The van der Waals surface area contributed by atoms with E-state index in [2.05, 4.69) is 0 Å². The predicted molar refractivity (Wildman–Crippen MR) is 102 cm³/mol. The van der Waals surface area contributed by atoms with Crippen molar-refractivity contribution in [3.8, 4) is 0 Å². The zero-order valence-electron chi connectivity index (χ0n) is 17.2. The number of amides is 1. The maximum atomic E-state index is 12.8. The highest BCUT2D eigenvalue weighted by molar-refractivity contribution is 5.89. The number of rotatable bonds is 5. The highest BCUT2D eigenvalue weighted by Gasteiger charge is 2.49. The first-order valence-electron chi connectivity index (χ1n) is 9.47. The van der Waals surface area contributed by atoms with Crippen LogP contribution in [0.2, 0.25) is 0 Å². The molecule has 1 fully saturated rings. The third-order valence-corrected chi connectivity index (χ3v) is 4.38. The molecule has 2 atom stereocenters. The highest BCUT2D eigenvalue weighted by Crippen LogP contribution is 2.33. The maximum absolute atomic E-state index is 12.8. The van der Waals surface area contributed by atoms with Crippen LogP contribution in [0, 0.1) is 0 Å². The van der Waals surface area contributed by atoms with E-state index in [1.165, 1.54) is 0 Å². The van der Waals surface area contributed by atoms with E-state index in [9.17, 15) is 9.59 Å². The van der Waals surface area contributed by atoms with Gasteiger partial charge in [0.25, 0.3) is 0 Å². The molecule has 0 bridgehead atoms. The van der Waals surface area contributed by atoms with Crippen LogP contribution in [0.5, 0.6) is 0 Å². The van der Waals surface area contributed by atoms with Gasteiger partial charge in [0.15, 0.2) is 0 Å². The summed E-state index contributed by atoms with van der Waals surface area (Å²) in [5, 5.41) is 0. The summed E-state index contributed by atoms with van der Waals surface area (Å²) >= 11 is 0. The van der Waals surface area contributed by atoms with Gasteiger partial charge in [-0.05, 0) is 53.2 Å². The Kier molecular flexibility index (Phi) is 6.52. The summed E-state index contributed by atoms with van der Waals surface area (Å²) in [4.78, 5) is 27.0. The zero-order chi connectivity index (χ0) is 20.2. The van der Waals surface area contributed by atoms with Gasteiger partial charge in [-0.2, -0.15) is 0 Å². The molecule has 0 saturated carbocycles. The quantitative estimate of drug-likeness (QED) is 0.712. The van der Waals surface area contributed by atoms with Crippen molar-refractivity contribution in [3.63, 3.8) is 0 Å². The molecule has 0 spiro atoms. The van der Waals surface area contributed by atoms with Crippen molar-refractivity contribution >= 4 is 12.1 Å². The fourth-order valence-electron chi connectivity index (χ4n) is 3.17. The largest absolute Gasteiger partial charge is 0.456 e. The topological polar surface area (TPSA) is 65.1 Å². The Morgan fingerprint density at radius 3 is 2.44 bits per heavy atom. The summed E-state index contributed by atoms with van der Waals surface area (Å²) < 4.78 is 17.2. The number of nitrogens with zero attached hydrogens (tertiary/aromatic N) is 1. The molecule has 1 aliphatic heterocycles. The second kappa shape index (κ2) is 8.30. The fraction of sp³-hybridized carbons (Fsp3) is 0.619. The summed E-state index contributed by atoms with van der Waals surface area (Å²) in [6, 6.07) is 8.46. The smallest absolute Gasteiger partial charge is 0.413 e. The molecule has 0 unspecified atom stereocenters. The first-order chi connectivity index (χ1) is 12.5. The molecule has 0 N–H and O–H groups in total. The molecule has 1 heterocycles. The standard InChI is InChI=1S/C21H31NO5/c1-7-11-17(26-18(23)15-12-9-8-10-13-15)16-14-25-21(5,6)22(16)19(24)27-20(2,3)4/h8-10,12-13,16-17H,7,11,14H2,1-6H3/t16-,17+/m0/s1. The van der Waals surface area contributed by atoms with Crippen LogP contribution >= 0.6 is 0 Å². The third kappa shape index (κ3) is 5.45. The Labute approximate surface area is 161 Å². The number of hydrogen-bond acceptors (Lipinski definition) is 5. The zero-order valence-corrected chi connectivity index (χ0v) is 17.2. The molecule has 1 aromatic carbocycles. The Balaban J connectivity index is 2.23. The van der Waals surface area contributed by atoms with Crippen molar-refractivity contribution in [2.75, 3.05) is 6.61 Å². The SMILES string of the molecule is CCC[C@@H](OC(=O)c1ccccc1)[C@@H]1COC(C)(C)N1C(=O)OC(C)(C)C. The molecule has 1 aliphatic rings. The van der Waals surface area contributed by atoms with Crippen LogP contribution in [0.3, 0.4) is 0 Å². The number of ether oxygens (including phenoxy) is 3. The highest BCUT2D eigenvalue weighted by atomic mass is 16.6. The van der Waals surface area contributed by atoms with Crippen LogP contribution in [0.25, 0.3) is 0 Å². The van der Waals surface area contributed by atoms with Crippen molar-refractivity contribution in [1.29, 1.82) is 0 Å². The minimum absolute atomic E-state index is 0.291. The Morgan fingerprint density at radius 2 is 1.89 bits per heavy atom. The van der Waals surface area contributed by atoms with Crippen molar-refractivity contribution in [2.45, 2.75) is 77.9 Å². The van der Waals surface area contributed by atoms with Gasteiger partial charge in [0.05, 0.1) is 18.2 Å². The first kappa shape index (κ1) is 21.2. The van der Waals surface area contributed by atoms with Crippen LogP contribution in [0.1, 0.15) is 64.7 Å². The number of hydrogen-bond donors (Lipinski definition) is 0. The number of carbonyl (C=O) groups is 2. The number of benzene rings is 1. The van der Waals surface area contributed by atoms with Crippen molar-refractivity contribution in [3.05, 3.63) is 35.9 Å². The second-order valence-corrected chi connectivity index (χ2v) is 8.27. The van der Waals surface area contributed by atoms with Crippen LogP contribution in [-0.4, -0.2) is 47.0 Å². The van der Waals surface area contributed by atoms with E-state index in [0.717, 1.165) is 6.42 Å². The van der Waals surface area contributed by atoms with Crippen LogP contribution in [0.15, 0.2) is 30.3 Å². The van der Waals surface area contributed by atoms with Gasteiger partial charge in [0, 0.05) is 0 Å². The lowest BCUT2D eigenvalue weighted by atomic mass is 10.0. The van der Waals surface area contributed by atoms with E-state index < -0.39 is 35.5 Å². The lowest BCUT2D eigenvalue weighted by Crippen LogP contribution is -2.54. The van der Waals surface area contributed by atoms with Crippen molar-refractivity contribution in [1.82, 2.24) is 4.90 Å². The van der Waals surface area contributed by atoms with Gasteiger partial charge in [-0.25, -0.2) is 9.59 Å². The molecule has 0 aliphatic carbocycles. The van der Waals surface area contributed by atoms with Gasteiger partial charge in [0.2, 0.25) is 0 Å². The summed E-state index contributed by atoms with van der Waals surface area (Å²) in [5.74, 6) is -0.400. The lowest BCUT2D eigenvalue weighted by molar-refractivity contribution is -0.0697. The summed E-state index contributed by atoms with van der Waals surface area (Å²) in [7, 11) is 0. The molecule has 0 radical (unpaired) electrons. The summed E-state index contributed by atoms with van der Waals surface area (Å²) in [6.07, 6.45) is 0.497. The monoisotopic (exact) mass is 377 g/mol. The van der Waals surface area contributed by atoms with Gasteiger partial charge >= 0.3 is 12.1 Å². The van der Waals surface area contributed by atoms with E-state index in [4.69, 9.17) is 14.2 Å². The minimum Gasteiger partial charge on any atom is -0.456 e. The van der Waals surface area contributed by atoms with Crippen molar-refractivity contribution < 1.29 is 23.8 Å². The van der Waals surface area contributed by atoms with Crippen LogP contribution in [0.4, 0.5) is 4.79 Å². The van der Waals surface area contributed by atoms with E-state index in [1.54, 1.807) is 29.2 Å². The summed E-state index contributed by atoms with van der Waals surface area (Å²) in [6.45, 7) is 11.4. The predicted octanol–water partition coefficient (Wildman–Crippen LogP) is 4.38. The van der Waals surface area contributed by atoms with Crippen LogP contribution < -0.4 is 0 Å². The molecule has 27 heavy (non-hydrogen) atoms. The second-order valence-electron chi connectivity index (χ2n) is 8.27. The Hall–Kier alpha value is -2.08. The van der Waals surface area contributed by atoms with Crippen molar-refractivity contribution in [2.24, 2.45) is 0 Å². The normalized spacial score (nSPS) is 20.2. The van der Waals surface area contributed by atoms with E-state index in [1.807, 2.05) is 47.6 Å². The molecule has 2 rings (SSSR count). The Bertz CT molecular complexity index is 650. The molecule has 1 amide bonds.